The molecule has 0 unspecified atom stereocenters. The van der Waals surface area contributed by atoms with Gasteiger partial charge in [-0.05, 0) is 48.6 Å². The normalized spacial score (nSPS) is 11.8. The van der Waals surface area contributed by atoms with E-state index in [9.17, 15) is 4.79 Å². The summed E-state index contributed by atoms with van der Waals surface area (Å²) in [5.41, 5.74) is 3.15. The SMILES string of the molecule is CC[C@H](C)c1ccc(OCC(=O)Nc2ccccc2C)cc1. The largest absolute Gasteiger partial charge is 0.484 e. The van der Waals surface area contributed by atoms with E-state index in [4.69, 9.17) is 4.74 Å². The summed E-state index contributed by atoms with van der Waals surface area (Å²) in [4.78, 5) is 11.9. The molecule has 0 saturated carbocycles. The van der Waals surface area contributed by atoms with Crippen molar-refractivity contribution in [3.63, 3.8) is 0 Å². The molecule has 116 valence electrons. The standard InChI is InChI=1S/C19H23NO2/c1-4-14(2)16-9-11-17(12-10-16)22-13-19(21)20-18-8-6-5-7-15(18)3/h5-12,14H,4,13H2,1-3H3,(H,20,21)/t14-/m0/s1. The van der Waals surface area contributed by atoms with Gasteiger partial charge in [-0.25, -0.2) is 0 Å². The Morgan fingerprint density at radius 1 is 1.14 bits per heavy atom. The number of ether oxygens (including phenoxy) is 1. The van der Waals surface area contributed by atoms with Crippen molar-refractivity contribution in [2.45, 2.75) is 33.1 Å². The van der Waals surface area contributed by atoms with Crippen molar-refractivity contribution in [1.29, 1.82) is 0 Å². The van der Waals surface area contributed by atoms with Gasteiger partial charge in [0.25, 0.3) is 5.91 Å². The van der Waals surface area contributed by atoms with E-state index in [0.29, 0.717) is 11.7 Å². The van der Waals surface area contributed by atoms with Crippen LogP contribution in [0.3, 0.4) is 0 Å². The lowest BCUT2D eigenvalue weighted by molar-refractivity contribution is -0.118. The van der Waals surface area contributed by atoms with Crippen molar-refractivity contribution in [2.24, 2.45) is 0 Å². The first kappa shape index (κ1) is 16.1. The zero-order valence-corrected chi connectivity index (χ0v) is 13.4. The Hall–Kier alpha value is -2.29. The molecule has 2 aromatic rings. The fourth-order valence-corrected chi connectivity index (χ4v) is 2.18. The van der Waals surface area contributed by atoms with Crippen LogP contribution in [-0.2, 0) is 4.79 Å². The van der Waals surface area contributed by atoms with Gasteiger partial charge in [0.15, 0.2) is 6.61 Å². The smallest absolute Gasteiger partial charge is 0.262 e. The summed E-state index contributed by atoms with van der Waals surface area (Å²) >= 11 is 0. The summed E-state index contributed by atoms with van der Waals surface area (Å²) in [6.45, 7) is 6.34. The van der Waals surface area contributed by atoms with Crippen LogP contribution >= 0.6 is 0 Å². The minimum absolute atomic E-state index is 0.0109. The zero-order valence-electron chi connectivity index (χ0n) is 13.4. The molecule has 1 N–H and O–H groups in total. The molecule has 2 rings (SSSR count). The predicted molar refractivity (Wildman–Crippen MR) is 90.5 cm³/mol. The van der Waals surface area contributed by atoms with Crippen LogP contribution < -0.4 is 10.1 Å². The van der Waals surface area contributed by atoms with Crippen molar-refractivity contribution in [3.8, 4) is 5.75 Å². The highest BCUT2D eigenvalue weighted by Gasteiger charge is 2.06. The Morgan fingerprint density at radius 2 is 1.82 bits per heavy atom. The molecule has 0 bridgehead atoms. The van der Waals surface area contributed by atoms with Gasteiger partial charge in [0.05, 0.1) is 0 Å². The molecule has 3 heteroatoms. The fraction of sp³-hybridized carbons (Fsp3) is 0.316. The summed E-state index contributed by atoms with van der Waals surface area (Å²) in [5, 5.41) is 2.86. The molecule has 0 radical (unpaired) electrons. The van der Waals surface area contributed by atoms with Gasteiger partial charge in [-0.15, -0.1) is 0 Å². The zero-order chi connectivity index (χ0) is 15.9. The molecular weight excluding hydrogens is 274 g/mol. The molecule has 0 fully saturated rings. The van der Waals surface area contributed by atoms with E-state index in [2.05, 4.69) is 31.3 Å². The number of hydrogen-bond donors (Lipinski definition) is 1. The molecular formula is C19H23NO2. The molecule has 0 aliphatic rings. The van der Waals surface area contributed by atoms with Crippen LogP contribution in [0.4, 0.5) is 5.69 Å². The minimum Gasteiger partial charge on any atom is -0.484 e. The highest BCUT2D eigenvalue weighted by Crippen LogP contribution is 2.21. The summed E-state index contributed by atoms with van der Waals surface area (Å²) < 4.78 is 5.54. The molecule has 22 heavy (non-hydrogen) atoms. The van der Waals surface area contributed by atoms with Crippen molar-refractivity contribution in [2.75, 3.05) is 11.9 Å². The molecule has 1 atom stereocenters. The van der Waals surface area contributed by atoms with Gasteiger partial charge >= 0.3 is 0 Å². The maximum Gasteiger partial charge on any atom is 0.262 e. The molecule has 0 aromatic heterocycles. The van der Waals surface area contributed by atoms with E-state index < -0.39 is 0 Å². The number of aryl methyl sites for hydroxylation is 1. The van der Waals surface area contributed by atoms with Gasteiger partial charge in [0.2, 0.25) is 0 Å². The number of para-hydroxylation sites is 1. The summed E-state index contributed by atoms with van der Waals surface area (Å²) in [5.74, 6) is 1.10. The number of rotatable bonds is 6. The summed E-state index contributed by atoms with van der Waals surface area (Å²) in [7, 11) is 0. The Kier molecular flexibility index (Phi) is 5.59. The van der Waals surface area contributed by atoms with E-state index in [1.165, 1.54) is 5.56 Å². The Balaban J connectivity index is 1.87. The van der Waals surface area contributed by atoms with Gasteiger partial charge < -0.3 is 10.1 Å². The van der Waals surface area contributed by atoms with Crippen molar-refractivity contribution in [3.05, 3.63) is 59.7 Å². The van der Waals surface area contributed by atoms with E-state index in [1.54, 1.807) is 0 Å². The van der Waals surface area contributed by atoms with E-state index in [1.807, 2.05) is 43.3 Å². The van der Waals surface area contributed by atoms with E-state index in [0.717, 1.165) is 17.7 Å². The second kappa shape index (κ2) is 7.64. The van der Waals surface area contributed by atoms with Crippen molar-refractivity contribution < 1.29 is 9.53 Å². The van der Waals surface area contributed by atoms with Crippen LogP contribution in [0.1, 0.15) is 37.3 Å². The summed E-state index contributed by atoms with van der Waals surface area (Å²) in [6.07, 6.45) is 1.11. The van der Waals surface area contributed by atoms with Gasteiger partial charge in [-0.3, -0.25) is 4.79 Å². The van der Waals surface area contributed by atoms with Crippen LogP contribution in [0.2, 0.25) is 0 Å². The molecule has 0 spiro atoms. The Bertz CT molecular complexity index is 620. The van der Waals surface area contributed by atoms with Crippen LogP contribution in [0.15, 0.2) is 48.5 Å². The van der Waals surface area contributed by atoms with Gasteiger partial charge in [-0.1, -0.05) is 44.2 Å². The number of carbonyl (C=O) groups excluding carboxylic acids is 1. The second-order valence-electron chi connectivity index (χ2n) is 5.53. The molecule has 0 aliphatic heterocycles. The molecule has 2 aromatic carbocycles. The number of hydrogen-bond acceptors (Lipinski definition) is 2. The first-order valence-corrected chi connectivity index (χ1v) is 7.68. The number of nitrogens with one attached hydrogen (secondary N) is 1. The topological polar surface area (TPSA) is 38.3 Å². The molecule has 3 nitrogen and oxygen atoms in total. The Labute approximate surface area is 132 Å². The van der Waals surface area contributed by atoms with Gasteiger partial charge in [-0.2, -0.15) is 0 Å². The van der Waals surface area contributed by atoms with E-state index >= 15 is 0 Å². The average molecular weight is 297 g/mol. The monoisotopic (exact) mass is 297 g/mol. The quantitative estimate of drug-likeness (QED) is 0.851. The molecule has 1 amide bonds. The van der Waals surface area contributed by atoms with Crippen LogP contribution in [-0.4, -0.2) is 12.5 Å². The number of benzene rings is 2. The van der Waals surface area contributed by atoms with E-state index in [-0.39, 0.29) is 12.5 Å². The molecule has 0 aliphatic carbocycles. The summed E-state index contributed by atoms with van der Waals surface area (Å²) in [6, 6.07) is 15.6. The number of amides is 1. The first-order chi connectivity index (χ1) is 10.6. The second-order valence-corrected chi connectivity index (χ2v) is 5.53. The first-order valence-electron chi connectivity index (χ1n) is 7.68. The lowest BCUT2D eigenvalue weighted by Gasteiger charge is -2.11. The highest BCUT2D eigenvalue weighted by atomic mass is 16.5. The van der Waals surface area contributed by atoms with Crippen LogP contribution in [0.25, 0.3) is 0 Å². The third-order valence-corrected chi connectivity index (χ3v) is 3.85. The average Bonchev–Trinajstić information content (AvgIpc) is 2.55. The predicted octanol–water partition coefficient (Wildman–Crippen LogP) is 4.53. The molecule has 0 heterocycles. The number of carbonyl (C=O) groups is 1. The van der Waals surface area contributed by atoms with Gasteiger partial charge in [0, 0.05) is 5.69 Å². The van der Waals surface area contributed by atoms with Crippen molar-refractivity contribution >= 4 is 11.6 Å². The lowest BCUT2D eigenvalue weighted by Crippen LogP contribution is -2.20. The lowest BCUT2D eigenvalue weighted by atomic mass is 9.99. The fourth-order valence-electron chi connectivity index (χ4n) is 2.18. The highest BCUT2D eigenvalue weighted by molar-refractivity contribution is 5.92. The minimum atomic E-state index is -0.152. The Morgan fingerprint density at radius 3 is 2.45 bits per heavy atom. The molecule has 0 saturated heterocycles. The van der Waals surface area contributed by atoms with Crippen LogP contribution in [0, 0.1) is 6.92 Å². The van der Waals surface area contributed by atoms with Crippen LogP contribution in [0.5, 0.6) is 5.75 Å². The maximum atomic E-state index is 11.9. The maximum absolute atomic E-state index is 11.9. The van der Waals surface area contributed by atoms with Gasteiger partial charge in [0.1, 0.15) is 5.75 Å². The third kappa shape index (κ3) is 4.35. The number of anilines is 1. The third-order valence-electron chi connectivity index (χ3n) is 3.85. The van der Waals surface area contributed by atoms with Crippen molar-refractivity contribution in [1.82, 2.24) is 0 Å².